The van der Waals surface area contributed by atoms with Gasteiger partial charge in [0.15, 0.2) is 0 Å². The minimum atomic E-state index is 0. The van der Waals surface area contributed by atoms with E-state index in [1.165, 1.54) is 37.8 Å². The Bertz CT molecular complexity index is 333. The topological polar surface area (TPSA) is 0 Å². The summed E-state index contributed by atoms with van der Waals surface area (Å²) < 4.78 is 1.42. The SMILES string of the molecule is C.C=C.CCC(C)(C)CC(C)(C)CB(P)I.C[C+](C)CC(C)(C)CB(P)I. The summed E-state index contributed by atoms with van der Waals surface area (Å²) in [7, 11) is 5.75. The minimum absolute atomic E-state index is 0. The predicted octanol–water partition coefficient (Wildman–Crippen LogP) is 9.89. The van der Waals surface area contributed by atoms with Gasteiger partial charge in [0.05, 0.1) is 26.2 Å². The van der Waals surface area contributed by atoms with E-state index in [4.69, 9.17) is 0 Å². The summed E-state index contributed by atoms with van der Waals surface area (Å²) in [5, 5.41) is 0. The first kappa shape index (κ1) is 36.4. The lowest BCUT2D eigenvalue weighted by molar-refractivity contribution is 0.206. The third-order valence-electron chi connectivity index (χ3n) is 4.24. The van der Waals surface area contributed by atoms with Gasteiger partial charge in [-0.25, -0.2) is 0 Å². The average molecular weight is 639 g/mol. The highest BCUT2D eigenvalue weighted by atomic mass is 127. The Morgan fingerprint density at radius 2 is 1.15 bits per heavy atom. The molecule has 0 spiro atoms. The van der Waals surface area contributed by atoms with Crippen LogP contribution in [0.1, 0.15) is 89.0 Å². The molecular weight excluding hydrogens is 590 g/mol. The average Bonchev–Trinajstić information content (AvgIpc) is 2.35. The van der Waals surface area contributed by atoms with Crippen molar-refractivity contribution in [3.05, 3.63) is 19.1 Å². The molecule has 2 atom stereocenters. The van der Waals surface area contributed by atoms with Crippen LogP contribution in [0, 0.1) is 22.2 Å². The zero-order valence-electron chi connectivity index (χ0n) is 19.0. The van der Waals surface area contributed by atoms with Crippen LogP contribution in [-0.4, -0.2) is 8.58 Å². The van der Waals surface area contributed by atoms with E-state index in [0.29, 0.717) is 24.8 Å². The van der Waals surface area contributed by atoms with Crippen molar-refractivity contribution >= 4 is 71.6 Å². The standard InChI is InChI=1S/C10H23BIP.C8H18BIP.C2H4.CH4/c1-6-9(2,3)7-10(4,5)8-11(12)13;1-7(2)5-8(3,4)6-9(10)11;1-2;/h6-8,13H2,1-5H3;5-6,11H2,1-4H3;1-2H2;1H4/q;+1;;. The van der Waals surface area contributed by atoms with Crippen LogP contribution >= 0.6 is 63.0 Å². The third-order valence-corrected chi connectivity index (χ3v) is 5.59. The summed E-state index contributed by atoms with van der Waals surface area (Å²) in [4.78, 5) is 0. The number of hydrogen-bond donors (Lipinski definition) is 0. The van der Waals surface area contributed by atoms with E-state index in [1.54, 1.807) is 0 Å². The smallest absolute Gasteiger partial charge is 0.159 e. The van der Waals surface area contributed by atoms with Gasteiger partial charge in [0.25, 0.3) is 0 Å². The molecule has 0 aliphatic carbocycles. The van der Waals surface area contributed by atoms with Crippen LogP contribution in [0.15, 0.2) is 13.2 Å². The lowest BCUT2D eigenvalue weighted by Crippen LogP contribution is -2.24. The van der Waals surface area contributed by atoms with Gasteiger partial charge in [-0.05, 0) is 22.7 Å². The first-order valence-corrected chi connectivity index (χ1v) is 13.4. The van der Waals surface area contributed by atoms with Crippen molar-refractivity contribution in [2.24, 2.45) is 16.2 Å². The highest BCUT2D eigenvalue weighted by Gasteiger charge is 2.29. The summed E-state index contributed by atoms with van der Waals surface area (Å²) in [6.45, 7) is 26.9. The Morgan fingerprint density at radius 1 is 0.815 bits per heavy atom. The molecule has 0 N–H and O–H groups in total. The largest absolute Gasteiger partial charge is 0.240 e. The fraction of sp³-hybridized carbons (Fsp3) is 0.857. The van der Waals surface area contributed by atoms with E-state index >= 15 is 0 Å². The van der Waals surface area contributed by atoms with Gasteiger partial charge in [-0.3, -0.25) is 0 Å². The fourth-order valence-corrected chi connectivity index (χ4v) is 7.24. The lowest BCUT2D eigenvalue weighted by Gasteiger charge is -2.34. The fourth-order valence-electron chi connectivity index (χ4n) is 3.58. The maximum atomic E-state index is 3.00. The summed E-state index contributed by atoms with van der Waals surface area (Å²) in [6.07, 6.45) is 6.43. The molecule has 0 fully saturated rings. The molecule has 6 heteroatoms. The highest BCUT2D eigenvalue weighted by Crippen LogP contribution is 2.40. The molecule has 0 rings (SSSR count). The molecule has 0 aliphatic heterocycles. The van der Waals surface area contributed by atoms with E-state index in [2.05, 4.69) is 138 Å². The maximum Gasteiger partial charge on any atom is 0.240 e. The van der Waals surface area contributed by atoms with Gasteiger partial charge in [0.1, 0.15) is 0 Å². The Kier molecular flexibility index (Phi) is 23.9. The zero-order chi connectivity index (χ0) is 21.8. The number of rotatable bonds is 9. The van der Waals surface area contributed by atoms with Crippen molar-refractivity contribution in [2.75, 3.05) is 0 Å². The molecule has 0 saturated heterocycles. The molecule has 2 unspecified atom stereocenters. The predicted molar refractivity (Wildman–Crippen MR) is 162 cm³/mol. The molecule has 0 amide bonds. The van der Waals surface area contributed by atoms with Crippen molar-refractivity contribution in [3.63, 3.8) is 0 Å². The second-order valence-electron chi connectivity index (χ2n) is 9.85. The highest BCUT2D eigenvalue weighted by molar-refractivity contribution is 14.1. The molecular formula is C21H49B2I2P2+. The van der Waals surface area contributed by atoms with Crippen LogP contribution in [0.3, 0.4) is 0 Å². The van der Waals surface area contributed by atoms with Crippen LogP contribution in [0.2, 0.25) is 12.6 Å². The van der Waals surface area contributed by atoms with Crippen LogP contribution in [0.25, 0.3) is 0 Å². The van der Waals surface area contributed by atoms with Crippen LogP contribution < -0.4 is 0 Å². The first-order chi connectivity index (χ1) is 11.5. The molecule has 27 heavy (non-hydrogen) atoms. The quantitative estimate of drug-likeness (QED) is 0.0775. The van der Waals surface area contributed by atoms with Crippen molar-refractivity contribution in [1.29, 1.82) is 0 Å². The van der Waals surface area contributed by atoms with E-state index in [-0.39, 0.29) is 7.43 Å². The van der Waals surface area contributed by atoms with Crippen LogP contribution in [0.4, 0.5) is 0 Å². The Morgan fingerprint density at radius 3 is 1.41 bits per heavy atom. The van der Waals surface area contributed by atoms with Gasteiger partial charge in [-0.15, -0.1) is 57.9 Å². The number of halogens is 2. The Labute approximate surface area is 207 Å². The molecule has 0 aliphatic rings. The van der Waals surface area contributed by atoms with Crippen molar-refractivity contribution in [2.45, 2.75) is 102 Å². The van der Waals surface area contributed by atoms with Crippen molar-refractivity contribution in [3.8, 4) is 0 Å². The second kappa shape index (κ2) is 17.7. The molecule has 0 bridgehead atoms. The summed E-state index contributed by atoms with van der Waals surface area (Å²) in [5.41, 5.74) is 1.46. The lowest BCUT2D eigenvalue weighted by atomic mass is 9.68. The summed E-state index contributed by atoms with van der Waals surface area (Å²) >= 11 is 4.96. The van der Waals surface area contributed by atoms with Gasteiger partial charge in [-0.1, -0.05) is 75.0 Å². The summed E-state index contributed by atoms with van der Waals surface area (Å²) in [6, 6.07) is 0. The zero-order valence-corrected chi connectivity index (χ0v) is 25.6. The Hall–Kier alpha value is 2.06. The van der Waals surface area contributed by atoms with E-state index in [1.807, 2.05) is 0 Å². The first-order valence-electron chi connectivity index (χ1n) is 9.60. The van der Waals surface area contributed by atoms with Crippen molar-refractivity contribution < 1.29 is 0 Å². The van der Waals surface area contributed by atoms with Crippen molar-refractivity contribution in [1.82, 2.24) is 0 Å². The molecule has 0 aromatic carbocycles. The van der Waals surface area contributed by atoms with Gasteiger partial charge in [0, 0.05) is 0 Å². The van der Waals surface area contributed by atoms with E-state index in [0.717, 1.165) is 0 Å². The molecule has 0 saturated carbocycles. The van der Waals surface area contributed by atoms with E-state index < -0.39 is 0 Å². The molecule has 0 aromatic heterocycles. The maximum absolute atomic E-state index is 3.00. The summed E-state index contributed by atoms with van der Waals surface area (Å²) in [5.74, 6) is 1.54. The monoisotopic (exact) mass is 639 g/mol. The molecule has 0 heterocycles. The van der Waals surface area contributed by atoms with Gasteiger partial charge in [0.2, 0.25) is 8.58 Å². The van der Waals surface area contributed by atoms with E-state index in [9.17, 15) is 0 Å². The molecule has 162 valence electrons. The van der Waals surface area contributed by atoms with Gasteiger partial charge >= 0.3 is 0 Å². The molecule has 0 nitrogen and oxygen atoms in total. The minimum Gasteiger partial charge on any atom is -0.159 e. The van der Waals surface area contributed by atoms with Gasteiger partial charge < -0.3 is 0 Å². The van der Waals surface area contributed by atoms with Crippen LogP contribution in [-0.2, 0) is 0 Å². The van der Waals surface area contributed by atoms with Gasteiger partial charge in [-0.2, -0.15) is 18.2 Å². The molecule has 0 aromatic rings. The normalized spacial score (nSPS) is 11.1. The Balaban J connectivity index is -0.000000175. The third kappa shape index (κ3) is 28.1. The molecule has 0 radical (unpaired) electrons. The second-order valence-corrected chi connectivity index (χ2v) is 17.4. The number of hydrogen-bond acceptors (Lipinski definition) is 0. The van der Waals surface area contributed by atoms with Crippen LogP contribution in [0.5, 0.6) is 0 Å².